The summed E-state index contributed by atoms with van der Waals surface area (Å²) in [6, 6.07) is 15.2. The molecule has 1 N–H and O–H groups in total. The molecule has 0 bridgehead atoms. The van der Waals surface area contributed by atoms with Crippen LogP contribution in [0.3, 0.4) is 0 Å². The van der Waals surface area contributed by atoms with E-state index in [1.807, 2.05) is 36.4 Å². The predicted octanol–water partition coefficient (Wildman–Crippen LogP) is 4.95. The van der Waals surface area contributed by atoms with Crippen molar-refractivity contribution in [3.63, 3.8) is 0 Å². The molecule has 1 spiro atoms. The van der Waals surface area contributed by atoms with Crippen molar-refractivity contribution in [2.45, 2.75) is 60.6 Å². The van der Waals surface area contributed by atoms with Gasteiger partial charge in [-0.25, -0.2) is 8.42 Å². The SMILES string of the molecule is COc1cc(S(=O)(=O)C2CCC3(CC2)CC(C2CC2)C(=O)CN3)ccc1-c1ccc2cccnc2c1. The van der Waals surface area contributed by atoms with E-state index in [4.69, 9.17) is 4.74 Å². The number of aromatic nitrogens is 1. The molecule has 0 radical (unpaired) electrons. The number of hydrogen-bond donors (Lipinski definition) is 1. The lowest BCUT2D eigenvalue weighted by atomic mass is 9.71. The van der Waals surface area contributed by atoms with Crippen LogP contribution in [-0.4, -0.2) is 43.6 Å². The van der Waals surface area contributed by atoms with Gasteiger partial charge in [-0.05, 0) is 86.8 Å². The zero-order valence-electron chi connectivity index (χ0n) is 20.6. The molecule has 3 aliphatic rings. The van der Waals surface area contributed by atoms with Crippen LogP contribution in [0, 0.1) is 11.8 Å². The summed E-state index contributed by atoms with van der Waals surface area (Å²) in [6.07, 6.45) is 7.78. The van der Waals surface area contributed by atoms with Gasteiger partial charge in [0.15, 0.2) is 9.84 Å². The Morgan fingerprint density at radius 2 is 1.83 bits per heavy atom. The summed E-state index contributed by atoms with van der Waals surface area (Å²) in [5.74, 6) is 1.61. The molecule has 6 rings (SSSR count). The molecular formula is C29H32N2O4S. The maximum absolute atomic E-state index is 13.6. The van der Waals surface area contributed by atoms with Crippen LogP contribution in [0.4, 0.5) is 0 Å². The number of ether oxygens (including phenoxy) is 1. The van der Waals surface area contributed by atoms with Crippen molar-refractivity contribution < 1.29 is 17.9 Å². The number of pyridine rings is 1. The third kappa shape index (κ3) is 4.22. The number of rotatable bonds is 5. The van der Waals surface area contributed by atoms with Crippen LogP contribution in [0.1, 0.15) is 44.9 Å². The Morgan fingerprint density at radius 1 is 1.03 bits per heavy atom. The molecule has 3 aromatic rings. The van der Waals surface area contributed by atoms with Crippen molar-refractivity contribution in [3.8, 4) is 16.9 Å². The number of Topliss-reactive ketones (excluding diaryl/α,β-unsaturated/α-hetero) is 1. The van der Waals surface area contributed by atoms with Crippen molar-refractivity contribution in [2.75, 3.05) is 13.7 Å². The Kier molecular flexibility index (Phi) is 5.88. The second-order valence-corrected chi connectivity index (χ2v) is 13.0. The van der Waals surface area contributed by atoms with Crippen molar-refractivity contribution >= 4 is 26.5 Å². The molecule has 2 saturated carbocycles. The highest BCUT2D eigenvalue weighted by Gasteiger charge is 2.48. The molecular weight excluding hydrogens is 472 g/mol. The second-order valence-electron chi connectivity index (χ2n) is 10.8. The van der Waals surface area contributed by atoms with Crippen molar-refractivity contribution in [3.05, 3.63) is 54.7 Å². The fourth-order valence-corrected chi connectivity index (χ4v) is 8.06. The fraction of sp³-hybridized carbons (Fsp3) is 0.448. The van der Waals surface area contributed by atoms with Gasteiger partial charge >= 0.3 is 0 Å². The van der Waals surface area contributed by atoms with Gasteiger partial charge in [0.2, 0.25) is 0 Å². The molecule has 36 heavy (non-hydrogen) atoms. The number of carbonyl (C=O) groups excluding carboxylic acids is 1. The smallest absolute Gasteiger partial charge is 0.181 e. The van der Waals surface area contributed by atoms with E-state index >= 15 is 0 Å². The topological polar surface area (TPSA) is 85.4 Å². The number of nitrogens with one attached hydrogen (secondary N) is 1. The molecule has 1 unspecified atom stereocenters. The Morgan fingerprint density at radius 3 is 2.58 bits per heavy atom. The van der Waals surface area contributed by atoms with E-state index in [2.05, 4.69) is 10.3 Å². The summed E-state index contributed by atoms with van der Waals surface area (Å²) in [7, 11) is -1.92. The lowest BCUT2D eigenvalue weighted by Crippen LogP contribution is -2.57. The Hall–Kier alpha value is -2.77. The molecule has 6 nitrogen and oxygen atoms in total. The zero-order valence-corrected chi connectivity index (χ0v) is 21.4. The minimum atomic E-state index is -3.50. The quantitative estimate of drug-likeness (QED) is 0.529. The summed E-state index contributed by atoms with van der Waals surface area (Å²) in [6.45, 7) is 0.432. The molecule has 0 amide bonds. The lowest BCUT2D eigenvalue weighted by molar-refractivity contribution is -0.126. The first-order valence-electron chi connectivity index (χ1n) is 12.9. The van der Waals surface area contributed by atoms with Gasteiger partial charge in [-0.15, -0.1) is 0 Å². The van der Waals surface area contributed by atoms with Crippen LogP contribution in [0.5, 0.6) is 5.75 Å². The van der Waals surface area contributed by atoms with Crippen LogP contribution < -0.4 is 10.1 Å². The average molecular weight is 505 g/mol. The third-order valence-electron chi connectivity index (χ3n) is 8.60. The van der Waals surface area contributed by atoms with Gasteiger partial charge in [-0.2, -0.15) is 0 Å². The maximum atomic E-state index is 13.6. The van der Waals surface area contributed by atoms with Crippen LogP contribution in [-0.2, 0) is 14.6 Å². The van der Waals surface area contributed by atoms with Gasteiger partial charge < -0.3 is 10.1 Å². The molecule has 3 fully saturated rings. The number of fused-ring (bicyclic) bond motifs is 1. The molecule has 1 aliphatic heterocycles. The Bertz CT molecular complexity index is 1420. The van der Waals surface area contributed by atoms with Crippen molar-refractivity contribution in [1.29, 1.82) is 0 Å². The van der Waals surface area contributed by atoms with E-state index < -0.39 is 15.1 Å². The normalized spacial score (nSPS) is 26.9. The molecule has 1 saturated heterocycles. The molecule has 2 aromatic carbocycles. The van der Waals surface area contributed by atoms with Gasteiger partial charge in [0.05, 0.1) is 29.3 Å². The van der Waals surface area contributed by atoms with Crippen LogP contribution >= 0.6 is 0 Å². The molecule has 1 atom stereocenters. The third-order valence-corrected chi connectivity index (χ3v) is 10.9. The molecule has 2 aliphatic carbocycles. The minimum Gasteiger partial charge on any atom is -0.496 e. The van der Waals surface area contributed by atoms with Gasteiger partial charge in [-0.3, -0.25) is 9.78 Å². The molecule has 188 valence electrons. The number of carbonyl (C=O) groups is 1. The average Bonchev–Trinajstić information content (AvgIpc) is 3.75. The highest BCUT2D eigenvalue weighted by Crippen LogP contribution is 2.47. The highest BCUT2D eigenvalue weighted by atomic mass is 32.2. The van der Waals surface area contributed by atoms with Gasteiger partial charge in [0.25, 0.3) is 0 Å². The van der Waals surface area contributed by atoms with E-state index in [-0.39, 0.29) is 11.5 Å². The summed E-state index contributed by atoms with van der Waals surface area (Å²) in [5.41, 5.74) is 2.57. The standard InChI is InChI=1S/C29H32N2O4S/c1-35-28-16-23(8-9-24(28)21-7-6-20-3-2-14-30-26(20)15-21)36(33,34)22-10-12-29(13-11-22)17-25(19-4-5-19)27(32)18-31-29/h2-3,6-9,14-16,19,22,25,31H,4-5,10-13,17-18H2,1H3. The minimum absolute atomic E-state index is 0.0845. The van der Waals surface area contributed by atoms with E-state index in [1.165, 1.54) is 0 Å². The molecule has 2 heterocycles. The molecule has 7 heteroatoms. The fourth-order valence-electron chi connectivity index (χ4n) is 6.29. The first-order valence-corrected chi connectivity index (χ1v) is 14.5. The first kappa shape index (κ1) is 23.6. The van der Waals surface area contributed by atoms with E-state index in [0.717, 1.165) is 54.1 Å². The van der Waals surface area contributed by atoms with E-state index in [9.17, 15) is 13.2 Å². The maximum Gasteiger partial charge on any atom is 0.181 e. The Balaban J connectivity index is 1.22. The number of hydrogen-bond acceptors (Lipinski definition) is 6. The van der Waals surface area contributed by atoms with Crippen LogP contribution in [0.2, 0.25) is 0 Å². The predicted molar refractivity (Wildman–Crippen MR) is 140 cm³/mol. The first-order chi connectivity index (χ1) is 17.4. The number of benzene rings is 2. The van der Waals surface area contributed by atoms with Gasteiger partial charge in [0.1, 0.15) is 11.5 Å². The van der Waals surface area contributed by atoms with Crippen molar-refractivity contribution in [1.82, 2.24) is 10.3 Å². The van der Waals surface area contributed by atoms with Crippen molar-refractivity contribution in [2.24, 2.45) is 11.8 Å². The van der Waals surface area contributed by atoms with Crippen LogP contribution in [0.15, 0.2) is 59.6 Å². The largest absolute Gasteiger partial charge is 0.496 e. The monoisotopic (exact) mass is 504 g/mol. The number of nitrogens with zero attached hydrogens (tertiary/aromatic N) is 1. The summed E-state index contributed by atoms with van der Waals surface area (Å²) < 4.78 is 32.9. The lowest BCUT2D eigenvalue weighted by Gasteiger charge is -2.45. The molecule has 1 aromatic heterocycles. The highest BCUT2D eigenvalue weighted by molar-refractivity contribution is 7.92. The summed E-state index contributed by atoms with van der Waals surface area (Å²) >= 11 is 0. The van der Waals surface area contributed by atoms with E-state index in [0.29, 0.717) is 41.7 Å². The second kappa shape index (κ2) is 8.96. The van der Waals surface area contributed by atoms with Gasteiger partial charge in [-0.1, -0.05) is 18.2 Å². The number of ketones is 1. The van der Waals surface area contributed by atoms with Crippen LogP contribution in [0.25, 0.3) is 22.0 Å². The van der Waals surface area contributed by atoms with E-state index in [1.54, 1.807) is 25.4 Å². The summed E-state index contributed by atoms with van der Waals surface area (Å²) in [4.78, 5) is 17.1. The Labute approximate surface area is 212 Å². The zero-order chi connectivity index (χ0) is 24.9. The summed E-state index contributed by atoms with van der Waals surface area (Å²) in [5, 5.41) is 4.13. The number of sulfone groups is 1. The number of methoxy groups -OCH3 is 1. The number of piperidine rings is 1. The van der Waals surface area contributed by atoms with Gasteiger partial charge in [0, 0.05) is 28.6 Å².